The zero-order valence-corrected chi connectivity index (χ0v) is 7.75. The zero-order chi connectivity index (χ0) is 8.97. The molecule has 0 aromatic heterocycles. The summed E-state index contributed by atoms with van der Waals surface area (Å²) in [7, 11) is 0. The van der Waals surface area contributed by atoms with Gasteiger partial charge in [0.25, 0.3) is 0 Å². The molecule has 0 fully saturated rings. The second-order valence-corrected chi connectivity index (χ2v) is 3.02. The van der Waals surface area contributed by atoms with Crippen LogP contribution in [0.5, 0.6) is 0 Å². The van der Waals surface area contributed by atoms with Crippen LogP contribution in [0.2, 0.25) is 0 Å². The second-order valence-electron chi connectivity index (χ2n) is 2.57. The number of nitrogens with zero attached hydrogens (tertiary/aromatic N) is 1. The molecule has 12 heavy (non-hydrogen) atoms. The Morgan fingerprint density at radius 2 is 2.25 bits per heavy atom. The van der Waals surface area contributed by atoms with Gasteiger partial charge in [0.15, 0.2) is 0 Å². The average Bonchev–Trinajstić information content (AvgIpc) is 2.33. The molecule has 0 spiro atoms. The van der Waals surface area contributed by atoms with E-state index in [1.54, 1.807) is 0 Å². The van der Waals surface area contributed by atoms with Gasteiger partial charge in [-0.2, -0.15) is 0 Å². The van der Waals surface area contributed by atoms with Gasteiger partial charge in [0, 0.05) is 0 Å². The van der Waals surface area contributed by atoms with E-state index < -0.39 is 0 Å². The van der Waals surface area contributed by atoms with Gasteiger partial charge in [0.2, 0.25) is 0 Å². The van der Waals surface area contributed by atoms with Gasteiger partial charge < -0.3 is 0 Å². The average molecular weight is 212 g/mol. The Kier molecular flexibility index (Phi) is 3.60. The Morgan fingerprint density at radius 3 is 2.83 bits per heavy atom. The van der Waals surface area contributed by atoms with Crippen molar-refractivity contribution in [3.05, 3.63) is 25.3 Å². The summed E-state index contributed by atoms with van der Waals surface area (Å²) in [5.74, 6) is 0. The molecule has 1 atom stereocenters. The van der Waals surface area contributed by atoms with Crippen molar-refractivity contribution in [3.63, 3.8) is 0 Å². The molecule has 1 aliphatic rings. The maximum absolute atomic E-state index is 5.08. The van der Waals surface area contributed by atoms with Crippen molar-refractivity contribution in [1.82, 2.24) is 5.32 Å². The Bertz CT molecular complexity index is 243. The molecule has 0 radical (unpaired) electrons. The molecule has 0 aromatic carbocycles. The third kappa shape index (κ3) is 2.24. The van der Waals surface area contributed by atoms with E-state index in [0.29, 0.717) is 4.67 Å². The monoisotopic (exact) mass is 211 g/mol. The predicted octanol–water partition coefficient (Wildman–Crippen LogP) is 1.19. The molecule has 0 saturated carbocycles. The molecular formula is C9H12CuN2. The van der Waals surface area contributed by atoms with Crippen LogP contribution >= 0.6 is 0 Å². The van der Waals surface area contributed by atoms with Crippen molar-refractivity contribution >= 4 is 10.4 Å². The van der Waals surface area contributed by atoms with Crippen LogP contribution in [0.4, 0.5) is 0 Å². The molecule has 3 heteroatoms. The molecule has 1 unspecified atom stereocenters. The van der Waals surface area contributed by atoms with Crippen molar-refractivity contribution in [2.45, 2.75) is 18.9 Å². The van der Waals surface area contributed by atoms with Gasteiger partial charge in [-0.3, -0.25) is 0 Å². The molecule has 1 aliphatic heterocycles. The fourth-order valence-corrected chi connectivity index (χ4v) is 1.44. The molecule has 0 bridgehead atoms. The summed E-state index contributed by atoms with van der Waals surface area (Å²) in [5, 5.41) is 3.09. The predicted molar refractivity (Wildman–Crippen MR) is 49.0 cm³/mol. The molecule has 0 saturated heterocycles. The quantitative estimate of drug-likeness (QED) is 0.548. The maximum atomic E-state index is 5.08. The van der Waals surface area contributed by atoms with E-state index in [0.717, 1.165) is 18.6 Å². The number of allylic oxidation sites excluding steroid dienone is 1. The first-order valence-electron chi connectivity index (χ1n) is 3.82. The van der Waals surface area contributed by atoms with E-state index in [1.165, 1.54) is 0 Å². The van der Waals surface area contributed by atoms with Gasteiger partial charge in [-0.1, -0.05) is 0 Å². The van der Waals surface area contributed by atoms with E-state index in [-0.39, 0.29) is 6.04 Å². The van der Waals surface area contributed by atoms with Gasteiger partial charge >= 0.3 is 80.5 Å². The Labute approximate surface area is 80.8 Å². The van der Waals surface area contributed by atoms with Gasteiger partial charge in [-0.25, -0.2) is 0 Å². The second kappa shape index (κ2) is 4.51. The van der Waals surface area contributed by atoms with Crippen molar-refractivity contribution in [2.24, 2.45) is 4.99 Å². The molecule has 1 rings (SSSR count). The fraction of sp³-hybridized carbons (Fsp3) is 0.333. The minimum absolute atomic E-state index is 0.238. The Hall–Kier alpha value is -0.501. The van der Waals surface area contributed by atoms with E-state index in [9.17, 15) is 0 Å². The van der Waals surface area contributed by atoms with Gasteiger partial charge in [0.1, 0.15) is 0 Å². The van der Waals surface area contributed by atoms with E-state index in [2.05, 4.69) is 23.5 Å². The van der Waals surface area contributed by atoms with Crippen LogP contribution in [0.15, 0.2) is 30.3 Å². The van der Waals surface area contributed by atoms with E-state index >= 15 is 0 Å². The van der Waals surface area contributed by atoms with Gasteiger partial charge in [-0.05, 0) is 0 Å². The van der Waals surface area contributed by atoms with E-state index in [1.807, 2.05) is 12.2 Å². The molecule has 1 N–H and O–H groups in total. The van der Waals surface area contributed by atoms with Crippen LogP contribution in [0.25, 0.3) is 0 Å². The van der Waals surface area contributed by atoms with Crippen LogP contribution in [0, 0.1) is 0 Å². The number of hydrogen-bond donors (Lipinski definition) is 1. The van der Waals surface area contributed by atoms with Crippen molar-refractivity contribution < 1.29 is 15.6 Å². The first-order chi connectivity index (χ1) is 5.77. The summed E-state index contributed by atoms with van der Waals surface area (Å²) < 4.78 is 0.561. The summed E-state index contributed by atoms with van der Waals surface area (Å²) in [6, 6.07) is 0.238. The van der Waals surface area contributed by atoms with Gasteiger partial charge in [0.05, 0.1) is 0 Å². The number of nitrogens with one attached hydrogen (secondary N) is 1. The SMILES string of the molecule is C=CCC1=N[C](=[Cu])NC1CC=C. The van der Waals surface area contributed by atoms with Crippen LogP contribution in [-0.4, -0.2) is 16.4 Å². The van der Waals surface area contributed by atoms with Crippen molar-refractivity contribution in [1.29, 1.82) is 0 Å². The first-order valence-corrected chi connectivity index (χ1v) is 4.29. The summed E-state index contributed by atoms with van der Waals surface area (Å²) in [6.45, 7) is 7.34. The molecule has 2 nitrogen and oxygen atoms in total. The molecule has 0 amide bonds. The first kappa shape index (κ1) is 9.59. The third-order valence-electron chi connectivity index (χ3n) is 1.67. The molecule has 69 valence electrons. The zero-order valence-electron chi connectivity index (χ0n) is 6.81. The third-order valence-corrected chi connectivity index (χ3v) is 1.91. The van der Waals surface area contributed by atoms with Gasteiger partial charge in [-0.15, -0.1) is 0 Å². The number of rotatable bonds is 4. The van der Waals surface area contributed by atoms with Crippen LogP contribution < -0.4 is 5.32 Å². The normalized spacial score (nSPS) is 22.3. The number of hydrogen-bond acceptors (Lipinski definition) is 2. The van der Waals surface area contributed by atoms with Crippen molar-refractivity contribution in [3.8, 4) is 0 Å². The van der Waals surface area contributed by atoms with Crippen molar-refractivity contribution in [2.75, 3.05) is 0 Å². The fourth-order valence-electron chi connectivity index (χ4n) is 1.14. The van der Waals surface area contributed by atoms with Crippen LogP contribution in [0.3, 0.4) is 0 Å². The topological polar surface area (TPSA) is 24.4 Å². The minimum atomic E-state index is 0.238. The Balaban J connectivity index is 2.64. The van der Waals surface area contributed by atoms with Crippen LogP contribution in [0.1, 0.15) is 12.8 Å². The summed E-state index contributed by atoms with van der Waals surface area (Å²) in [4.78, 5) is 4.19. The summed E-state index contributed by atoms with van der Waals surface area (Å²) in [6.07, 6.45) is 5.36. The molecule has 0 aliphatic carbocycles. The standard InChI is InChI=1S/C9H12N2.Cu/c1-3-5-8-9(6-4-2)11-7-10-8;/h3-4,8,10H,1-2,5-6H2;. The van der Waals surface area contributed by atoms with E-state index in [4.69, 9.17) is 15.6 Å². The Morgan fingerprint density at radius 1 is 1.50 bits per heavy atom. The summed E-state index contributed by atoms with van der Waals surface area (Å²) >= 11 is 5.08. The molecule has 1 heterocycles. The summed E-state index contributed by atoms with van der Waals surface area (Å²) in [5.41, 5.74) is 1.06. The molecular weight excluding hydrogens is 200 g/mol. The molecule has 0 aromatic rings. The van der Waals surface area contributed by atoms with Crippen LogP contribution in [-0.2, 0) is 15.6 Å². The number of aliphatic imine (C=N–C) groups is 1.